The number of nitrogens with zero attached hydrogens (tertiary/aromatic N) is 1. The third kappa shape index (κ3) is 6.57. The highest BCUT2D eigenvalue weighted by atomic mass is 35.5. The van der Waals surface area contributed by atoms with E-state index in [-0.39, 0.29) is 18.4 Å². The first-order valence-corrected chi connectivity index (χ1v) is 9.92. The van der Waals surface area contributed by atoms with Gasteiger partial charge in [0.15, 0.2) is 6.61 Å². The van der Waals surface area contributed by atoms with E-state index in [0.717, 1.165) is 12.0 Å². The summed E-state index contributed by atoms with van der Waals surface area (Å²) in [6, 6.07) is 16.0. The van der Waals surface area contributed by atoms with Crippen molar-refractivity contribution in [3.05, 3.63) is 65.2 Å². The van der Waals surface area contributed by atoms with Crippen LogP contribution in [0, 0.1) is 0 Å². The molecule has 0 saturated carbocycles. The van der Waals surface area contributed by atoms with Gasteiger partial charge < -0.3 is 15.0 Å². The summed E-state index contributed by atoms with van der Waals surface area (Å²) in [5, 5.41) is 3.43. The standard InChI is InChI=1S/C22H27ClN2O3/c1-3-13-24-22(27)20(4-2)25(15-17-9-6-5-7-10-17)21(26)16-28-19-12-8-11-18(23)14-19/h5-12,14,20H,3-4,13,15-16H2,1-2H3,(H,24,27)/t20-/m0/s1. The zero-order valence-electron chi connectivity index (χ0n) is 16.4. The van der Waals surface area contributed by atoms with Gasteiger partial charge in [-0.3, -0.25) is 9.59 Å². The molecule has 0 saturated heterocycles. The summed E-state index contributed by atoms with van der Waals surface area (Å²) in [5.74, 6) is 0.128. The Kier molecular flexibility index (Phi) is 8.82. The zero-order valence-corrected chi connectivity index (χ0v) is 17.1. The lowest BCUT2D eigenvalue weighted by atomic mass is 10.1. The van der Waals surface area contributed by atoms with Crippen LogP contribution in [0.15, 0.2) is 54.6 Å². The Hall–Kier alpha value is -2.53. The van der Waals surface area contributed by atoms with Crippen LogP contribution in [0.4, 0.5) is 0 Å². The molecular formula is C22H27ClN2O3. The normalized spacial score (nSPS) is 11.5. The van der Waals surface area contributed by atoms with E-state index < -0.39 is 6.04 Å². The molecule has 0 heterocycles. The molecule has 0 aliphatic heterocycles. The molecule has 2 aromatic rings. The largest absolute Gasteiger partial charge is 0.484 e. The highest BCUT2D eigenvalue weighted by molar-refractivity contribution is 6.30. The van der Waals surface area contributed by atoms with Gasteiger partial charge in [-0.15, -0.1) is 0 Å². The molecule has 0 aliphatic rings. The van der Waals surface area contributed by atoms with Crippen LogP contribution in [0.2, 0.25) is 5.02 Å². The molecule has 0 aliphatic carbocycles. The predicted octanol–water partition coefficient (Wildman–Crippen LogP) is 4.05. The first kappa shape index (κ1) is 21.8. The van der Waals surface area contributed by atoms with E-state index in [1.807, 2.05) is 44.2 Å². The number of hydrogen-bond acceptors (Lipinski definition) is 3. The molecule has 28 heavy (non-hydrogen) atoms. The minimum atomic E-state index is -0.554. The summed E-state index contributed by atoms with van der Waals surface area (Å²) in [5.41, 5.74) is 0.959. The molecule has 2 rings (SSSR count). The number of amides is 2. The SMILES string of the molecule is CCCNC(=O)[C@H](CC)N(Cc1ccccc1)C(=O)COc1cccc(Cl)c1. The number of carbonyl (C=O) groups is 2. The first-order chi connectivity index (χ1) is 13.5. The summed E-state index contributed by atoms with van der Waals surface area (Å²) in [7, 11) is 0. The van der Waals surface area contributed by atoms with Gasteiger partial charge in [0, 0.05) is 18.1 Å². The number of carbonyl (C=O) groups excluding carboxylic acids is 2. The van der Waals surface area contributed by atoms with Crippen LogP contribution >= 0.6 is 11.6 Å². The van der Waals surface area contributed by atoms with Crippen molar-refractivity contribution in [2.75, 3.05) is 13.2 Å². The zero-order chi connectivity index (χ0) is 20.4. The van der Waals surface area contributed by atoms with E-state index in [9.17, 15) is 9.59 Å². The first-order valence-electron chi connectivity index (χ1n) is 9.54. The second kappa shape index (κ2) is 11.3. The number of halogens is 1. The molecule has 2 aromatic carbocycles. The number of benzene rings is 2. The molecule has 150 valence electrons. The Bertz CT molecular complexity index is 767. The van der Waals surface area contributed by atoms with E-state index >= 15 is 0 Å². The van der Waals surface area contributed by atoms with Crippen LogP contribution in [0.3, 0.4) is 0 Å². The van der Waals surface area contributed by atoms with E-state index in [1.165, 1.54) is 0 Å². The summed E-state index contributed by atoms with van der Waals surface area (Å²) in [4.78, 5) is 27.2. The lowest BCUT2D eigenvalue weighted by Crippen LogP contribution is -2.50. The number of ether oxygens (including phenoxy) is 1. The van der Waals surface area contributed by atoms with Gasteiger partial charge in [0.25, 0.3) is 5.91 Å². The van der Waals surface area contributed by atoms with Crippen molar-refractivity contribution in [3.63, 3.8) is 0 Å². The Morgan fingerprint density at radius 3 is 2.50 bits per heavy atom. The summed E-state index contributed by atoms with van der Waals surface area (Å²) in [6.45, 7) is 4.66. The van der Waals surface area contributed by atoms with Gasteiger partial charge in [0.1, 0.15) is 11.8 Å². The Labute approximate surface area is 171 Å². The van der Waals surface area contributed by atoms with Gasteiger partial charge in [-0.1, -0.05) is 61.8 Å². The quantitative estimate of drug-likeness (QED) is 0.652. The average Bonchev–Trinajstić information content (AvgIpc) is 2.71. The van der Waals surface area contributed by atoms with Crippen molar-refractivity contribution in [3.8, 4) is 5.75 Å². The number of nitrogens with one attached hydrogen (secondary N) is 1. The van der Waals surface area contributed by atoms with Crippen molar-refractivity contribution in [2.24, 2.45) is 0 Å². The van der Waals surface area contributed by atoms with Crippen molar-refractivity contribution in [1.82, 2.24) is 10.2 Å². The maximum atomic E-state index is 13.0. The molecule has 0 fully saturated rings. The van der Waals surface area contributed by atoms with Gasteiger partial charge in [0.05, 0.1) is 0 Å². The van der Waals surface area contributed by atoms with Gasteiger partial charge in [-0.05, 0) is 36.6 Å². The van der Waals surface area contributed by atoms with E-state index in [0.29, 0.717) is 30.3 Å². The fraction of sp³-hybridized carbons (Fsp3) is 0.364. The average molecular weight is 403 g/mol. The van der Waals surface area contributed by atoms with Gasteiger partial charge in [-0.2, -0.15) is 0 Å². The minimum Gasteiger partial charge on any atom is -0.484 e. The van der Waals surface area contributed by atoms with E-state index in [2.05, 4.69) is 5.32 Å². The minimum absolute atomic E-state index is 0.142. The molecule has 0 unspecified atom stereocenters. The van der Waals surface area contributed by atoms with Gasteiger partial charge in [-0.25, -0.2) is 0 Å². The van der Waals surface area contributed by atoms with Crippen molar-refractivity contribution >= 4 is 23.4 Å². The summed E-state index contributed by atoms with van der Waals surface area (Å²) >= 11 is 5.96. The second-order valence-electron chi connectivity index (χ2n) is 6.47. The molecule has 6 heteroatoms. The van der Waals surface area contributed by atoms with Crippen LogP contribution in [-0.2, 0) is 16.1 Å². The van der Waals surface area contributed by atoms with Gasteiger partial charge >= 0.3 is 0 Å². The lowest BCUT2D eigenvalue weighted by molar-refractivity contribution is -0.143. The highest BCUT2D eigenvalue weighted by Crippen LogP contribution is 2.18. The lowest BCUT2D eigenvalue weighted by Gasteiger charge is -2.30. The smallest absolute Gasteiger partial charge is 0.261 e. The molecule has 0 aromatic heterocycles. The van der Waals surface area contributed by atoms with Crippen LogP contribution < -0.4 is 10.1 Å². The molecule has 0 bridgehead atoms. The van der Waals surface area contributed by atoms with Crippen molar-refractivity contribution in [2.45, 2.75) is 39.3 Å². The van der Waals surface area contributed by atoms with Crippen LogP contribution in [0.5, 0.6) is 5.75 Å². The van der Waals surface area contributed by atoms with Crippen molar-refractivity contribution < 1.29 is 14.3 Å². The van der Waals surface area contributed by atoms with E-state index in [4.69, 9.17) is 16.3 Å². The summed E-state index contributed by atoms with van der Waals surface area (Å²) < 4.78 is 5.62. The van der Waals surface area contributed by atoms with Gasteiger partial charge in [0.2, 0.25) is 5.91 Å². The van der Waals surface area contributed by atoms with Crippen LogP contribution in [-0.4, -0.2) is 35.9 Å². The maximum Gasteiger partial charge on any atom is 0.261 e. The monoisotopic (exact) mass is 402 g/mol. The maximum absolute atomic E-state index is 13.0. The fourth-order valence-electron chi connectivity index (χ4n) is 2.85. The third-order valence-corrected chi connectivity index (χ3v) is 4.52. The van der Waals surface area contributed by atoms with Crippen molar-refractivity contribution in [1.29, 1.82) is 0 Å². The Balaban J connectivity index is 2.15. The Morgan fingerprint density at radius 1 is 1.11 bits per heavy atom. The topological polar surface area (TPSA) is 58.6 Å². The molecule has 1 atom stereocenters. The number of hydrogen-bond donors (Lipinski definition) is 1. The number of rotatable bonds is 10. The molecule has 0 spiro atoms. The predicted molar refractivity (Wildman–Crippen MR) is 111 cm³/mol. The molecule has 2 amide bonds. The molecule has 0 radical (unpaired) electrons. The molecule has 1 N–H and O–H groups in total. The molecule has 5 nitrogen and oxygen atoms in total. The van der Waals surface area contributed by atoms with Crippen LogP contribution in [0.25, 0.3) is 0 Å². The Morgan fingerprint density at radius 2 is 1.86 bits per heavy atom. The second-order valence-corrected chi connectivity index (χ2v) is 6.90. The molecular weight excluding hydrogens is 376 g/mol. The fourth-order valence-corrected chi connectivity index (χ4v) is 3.03. The van der Waals surface area contributed by atoms with Crippen LogP contribution in [0.1, 0.15) is 32.3 Å². The highest BCUT2D eigenvalue weighted by Gasteiger charge is 2.28. The van der Waals surface area contributed by atoms with E-state index in [1.54, 1.807) is 29.2 Å². The summed E-state index contributed by atoms with van der Waals surface area (Å²) in [6.07, 6.45) is 1.36. The third-order valence-electron chi connectivity index (χ3n) is 4.29.